The molecule has 0 radical (unpaired) electrons. The summed E-state index contributed by atoms with van der Waals surface area (Å²) < 4.78 is 0. The highest BCUT2D eigenvalue weighted by atomic mass is 14.9. The van der Waals surface area contributed by atoms with E-state index < -0.39 is 0 Å². The van der Waals surface area contributed by atoms with Crippen LogP contribution in [0.1, 0.15) is 58.6 Å². The van der Waals surface area contributed by atoms with E-state index in [1.165, 1.54) is 17.5 Å². The second kappa shape index (κ2) is 8.46. The molecule has 1 rings (SSSR count). The maximum Gasteiger partial charge on any atom is -0.00204 e. The van der Waals surface area contributed by atoms with Gasteiger partial charge >= 0.3 is 0 Å². The summed E-state index contributed by atoms with van der Waals surface area (Å²) in [7, 11) is 0. The zero-order chi connectivity index (χ0) is 15.1. The van der Waals surface area contributed by atoms with Crippen LogP contribution in [0.25, 0.3) is 0 Å². The fourth-order valence-electron chi connectivity index (χ4n) is 2.41. The van der Waals surface area contributed by atoms with Gasteiger partial charge in [0, 0.05) is 0 Å². The van der Waals surface area contributed by atoms with Crippen molar-refractivity contribution in [1.29, 1.82) is 0 Å². The zero-order valence-electron chi connectivity index (χ0n) is 14.2. The molecule has 0 aliphatic carbocycles. The van der Waals surface area contributed by atoms with Gasteiger partial charge in [-0.2, -0.15) is 0 Å². The van der Waals surface area contributed by atoms with Crippen molar-refractivity contribution in [2.24, 2.45) is 17.8 Å². The third-order valence-electron chi connectivity index (χ3n) is 4.19. The van der Waals surface area contributed by atoms with E-state index in [1.807, 2.05) is 0 Å². The molecule has 0 saturated carbocycles. The quantitative estimate of drug-likeness (QED) is 0.713. The van der Waals surface area contributed by atoms with Crippen LogP contribution in [0.2, 0.25) is 0 Å². The highest BCUT2D eigenvalue weighted by Gasteiger charge is 2.13. The molecule has 1 aromatic rings. The molecule has 1 heteroatoms. The molecule has 0 bridgehead atoms. The molecule has 0 aliphatic heterocycles. The Hall–Kier alpha value is -0.820. The SMILES string of the molecule is CC(C)CNCC(C)C(C)Cc1ccc(C(C)C)cc1. The first-order valence-electron chi connectivity index (χ1n) is 8.19. The molecule has 1 nitrogen and oxygen atoms in total. The second-order valence-corrected chi connectivity index (χ2v) is 7.11. The predicted molar refractivity (Wildman–Crippen MR) is 90.3 cm³/mol. The Morgan fingerprint density at radius 2 is 1.40 bits per heavy atom. The fourth-order valence-corrected chi connectivity index (χ4v) is 2.41. The Labute approximate surface area is 126 Å². The van der Waals surface area contributed by atoms with Gasteiger partial charge in [0.25, 0.3) is 0 Å². The minimum atomic E-state index is 0.626. The molecule has 1 aromatic carbocycles. The van der Waals surface area contributed by atoms with Crippen LogP contribution >= 0.6 is 0 Å². The van der Waals surface area contributed by atoms with Gasteiger partial charge in [-0.1, -0.05) is 65.8 Å². The lowest BCUT2D eigenvalue weighted by atomic mass is 9.89. The molecule has 1 N–H and O–H groups in total. The van der Waals surface area contributed by atoms with Crippen LogP contribution in [0.3, 0.4) is 0 Å². The summed E-state index contributed by atoms with van der Waals surface area (Å²) in [5.41, 5.74) is 2.91. The van der Waals surface area contributed by atoms with E-state index in [0.717, 1.165) is 30.8 Å². The van der Waals surface area contributed by atoms with Gasteiger partial charge in [0.2, 0.25) is 0 Å². The van der Waals surface area contributed by atoms with E-state index in [0.29, 0.717) is 5.92 Å². The largest absolute Gasteiger partial charge is 0.316 e. The molecule has 0 fully saturated rings. The first-order chi connectivity index (χ1) is 9.40. The van der Waals surface area contributed by atoms with E-state index in [2.05, 4.69) is 71.1 Å². The Kier molecular flexibility index (Phi) is 7.29. The molecule has 2 atom stereocenters. The normalized spacial score (nSPS) is 14.8. The number of hydrogen-bond acceptors (Lipinski definition) is 1. The number of hydrogen-bond donors (Lipinski definition) is 1. The van der Waals surface area contributed by atoms with Gasteiger partial charge in [-0.3, -0.25) is 0 Å². The van der Waals surface area contributed by atoms with E-state index in [9.17, 15) is 0 Å². The first-order valence-corrected chi connectivity index (χ1v) is 8.19. The Bertz CT molecular complexity index is 364. The van der Waals surface area contributed by atoms with Crippen LogP contribution in [0.4, 0.5) is 0 Å². The fraction of sp³-hybridized carbons (Fsp3) is 0.684. The van der Waals surface area contributed by atoms with Crippen molar-refractivity contribution in [2.45, 2.75) is 53.9 Å². The highest BCUT2D eigenvalue weighted by molar-refractivity contribution is 5.25. The first kappa shape index (κ1) is 17.2. The third kappa shape index (κ3) is 6.09. The molecule has 0 saturated heterocycles. The summed E-state index contributed by atoms with van der Waals surface area (Å²) in [6.07, 6.45) is 1.18. The van der Waals surface area contributed by atoms with E-state index >= 15 is 0 Å². The van der Waals surface area contributed by atoms with Crippen LogP contribution in [0, 0.1) is 17.8 Å². The zero-order valence-corrected chi connectivity index (χ0v) is 14.2. The van der Waals surface area contributed by atoms with Crippen molar-refractivity contribution in [2.75, 3.05) is 13.1 Å². The van der Waals surface area contributed by atoms with Crippen LogP contribution in [-0.2, 0) is 6.42 Å². The average Bonchev–Trinajstić information content (AvgIpc) is 2.38. The standard InChI is InChI=1S/C19H33N/c1-14(2)12-20-13-17(6)16(5)11-18-7-9-19(10-8-18)15(3)4/h7-10,14-17,20H,11-13H2,1-6H3. The Balaban J connectivity index is 2.42. The van der Waals surface area contributed by atoms with E-state index in [-0.39, 0.29) is 0 Å². The van der Waals surface area contributed by atoms with Gasteiger partial charge in [-0.25, -0.2) is 0 Å². The molecule has 20 heavy (non-hydrogen) atoms. The summed E-state index contributed by atoms with van der Waals surface area (Å²) in [5.74, 6) is 2.81. The molecule has 2 unspecified atom stereocenters. The average molecular weight is 275 g/mol. The van der Waals surface area contributed by atoms with Crippen molar-refractivity contribution >= 4 is 0 Å². The van der Waals surface area contributed by atoms with E-state index in [1.54, 1.807) is 0 Å². The molecule has 0 amide bonds. The van der Waals surface area contributed by atoms with Gasteiger partial charge < -0.3 is 5.32 Å². The van der Waals surface area contributed by atoms with Gasteiger partial charge in [0.15, 0.2) is 0 Å². The predicted octanol–water partition coefficient (Wildman–Crippen LogP) is 4.87. The minimum absolute atomic E-state index is 0.626. The van der Waals surface area contributed by atoms with Crippen molar-refractivity contribution in [1.82, 2.24) is 5.32 Å². The summed E-state index contributed by atoms with van der Waals surface area (Å²) in [6, 6.07) is 9.18. The monoisotopic (exact) mass is 275 g/mol. The molecule has 0 aliphatic rings. The lowest BCUT2D eigenvalue weighted by Crippen LogP contribution is -2.28. The lowest BCUT2D eigenvalue weighted by molar-refractivity contribution is 0.357. The minimum Gasteiger partial charge on any atom is -0.316 e. The smallest absolute Gasteiger partial charge is 0.00204 e. The van der Waals surface area contributed by atoms with Crippen molar-refractivity contribution < 1.29 is 0 Å². The molecule has 0 aromatic heterocycles. The topological polar surface area (TPSA) is 12.0 Å². The van der Waals surface area contributed by atoms with Crippen molar-refractivity contribution in [3.63, 3.8) is 0 Å². The Morgan fingerprint density at radius 3 is 1.90 bits per heavy atom. The molecule has 0 heterocycles. The van der Waals surface area contributed by atoms with Gasteiger partial charge in [0.1, 0.15) is 0 Å². The van der Waals surface area contributed by atoms with Gasteiger partial charge in [0.05, 0.1) is 0 Å². The highest BCUT2D eigenvalue weighted by Crippen LogP contribution is 2.19. The van der Waals surface area contributed by atoms with Crippen LogP contribution < -0.4 is 5.32 Å². The molecular formula is C19H33N. The maximum atomic E-state index is 3.58. The summed E-state index contributed by atoms with van der Waals surface area (Å²) in [5, 5.41) is 3.58. The number of benzene rings is 1. The second-order valence-electron chi connectivity index (χ2n) is 7.11. The Morgan fingerprint density at radius 1 is 0.800 bits per heavy atom. The molecule has 0 spiro atoms. The molecular weight excluding hydrogens is 242 g/mol. The van der Waals surface area contributed by atoms with Crippen molar-refractivity contribution in [3.8, 4) is 0 Å². The van der Waals surface area contributed by atoms with Crippen LogP contribution in [0.5, 0.6) is 0 Å². The summed E-state index contributed by atoms with van der Waals surface area (Å²) in [6.45, 7) is 16.0. The number of nitrogens with one attached hydrogen (secondary N) is 1. The lowest BCUT2D eigenvalue weighted by Gasteiger charge is -2.21. The summed E-state index contributed by atoms with van der Waals surface area (Å²) in [4.78, 5) is 0. The number of rotatable bonds is 8. The van der Waals surface area contributed by atoms with Crippen LogP contribution in [0.15, 0.2) is 24.3 Å². The van der Waals surface area contributed by atoms with Crippen molar-refractivity contribution in [3.05, 3.63) is 35.4 Å². The van der Waals surface area contributed by atoms with Gasteiger partial charge in [-0.15, -0.1) is 0 Å². The maximum absolute atomic E-state index is 3.58. The van der Waals surface area contributed by atoms with E-state index in [4.69, 9.17) is 0 Å². The summed E-state index contributed by atoms with van der Waals surface area (Å²) >= 11 is 0. The van der Waals surface area contributed by atoms with Gasteiger partial charge in [-0.05, 0) is 54.3 Å². The third-order valence-corrected chi connectivity index (χ3v) is 4.19. The molecule has 114 valence electrons. The van der Waals surface area contributed by atoms with Crippen LogP contribution in [-0.4, -0.2) is 13.1 Å².